The van der Waals surface area contributed by atoms with Crippen molar-refractivity contribution in [1.82, 2.24) is 0 Å². The Morgan fingerprint density at radius 3 is 3.00 bits per heavy atom. The topological polar surface area (TPSA) is 20.3 Å². The molecule has 1 aromatic carbocycles. The van der Waals surface area contributed by atoms with Gasteiger partial charge < -0.3 is 4.90 Å². The van der Waals surface area contributed by atoms with E-state index < -0.39 is 0 Å². The van der Waals surface area contributed by atoms with Gasteiger partial charge in [0, 0.05) is 12.7 Å². The van der Waals surface area contributed by atoms with Crippen LogP contribution < -0.4 is 4.90 Å². The Morgan fingerprint density at radius 2 is 2.40 bits per heavy atom. The van der Waals surface area contributed by atoms with Crippen LogP contribution in [0.2, 0.25) is 0 Å². The van der Waals surface area contributed by atoms with Gasteiger partial charge in [0.2, 0.25) is 6.41 Å². The normalized spacial score (nSPS) is 10.3. The SMILES string of the molecule is [2H]c1ccccc1N(C)C=O. The zero-order valence-electron chi connectivity index (χ0n) is 6.74. The fourth-order valence-electron chi connectivity index (χ4n) is 0.660. The van der Waals surface area contributed by atoms with Gasteiger partial charge in [0.05, 0.1) is 1.37 Å². The summed E-state index contributed by atoms with van der Waals surface area (Å²) in [7, 11) is 1.63. The van der Waals surface area contributed by atoms with Crippen LogP contribution in [0.15, 0.2) is 30.3 Å². The van der Waals surface area contributed by atoms with Gasteiger partial charge in [0.15, 0.2) is 0 Å². The van der Waals surface area contributed by atoms with Crippen molar-refractivity contribution in [2.45, 2.75) is 0 Å². The predicted octanol–water partition coefficient (Wildman–Crippen LogP) is 1.28. The molecule has 0 aliphatic heterocycles. The molecule has 0 fully saturated rings. The molecule has 2 nitrogen and oxygen atoms in total. The molecule has 0 spiro atoms. The summed E-state index contributed by atoms with van der Waals surface area (Å²) in [6, 6.07) is 7.31. The van der Waals surface area contributed by atoms with Crippen molar-refractivity contribution >= 4 is 12.1 Å². The number of hydrogen-bond donors (Lipinski definition) is 0. The molecule has 52 valence electrons. The highest BCUT2D eigenvalue weighted by Crippen LogP contribution is 2.07. The van der Waals surface area contributed by atoms with Crippen LogP contribution in [0.5, 0.6) is 0 Å². The van der Waals surface area contributed by atoms with Crippen molar-refractivity contribution in [3.05, 3.63) is 30.3 Å². The van der Waals surface area contributed by atoms with Crippen molar-refractivity contribution < 1.29 is 6.17 Å². The lowest BCUT2D eigenvalue weighted by Crippen LogP contribution is -2.12. The highest BCUT2D eigenvalue weighted by molar-refractivity contribution is 5.73. The van der Waals surface area contributed by atoms with Crippen molar-refractivity contribution in [2.24, 2.45) is 0 Å². The molecule has 0 atom stereocenters. The third-order valence-electron chi connectivity index (χ3n) is 1.23. The number of carbonyl (C=O) groups is 1. The highest BCUT2D eigenvalue weighted by Gasteiger charge is 1.93. The van der Waals surface area contributed by atoms with E-state index in [9.17, 15) is 4.79 Å². The van der Waals surface area contributed by atoms with E-state index in [2.05, 4.69) is 0 Å². The van der Waals surface area contributed by atoms with Crippen LogP contribution in [0, 0.1) is 0 Å². The Morgan fingerprint density at radius 1 is 1.60 bits per heavy atom. The molecule has 1 amide bonds. The minimum atomic E-state index is 0.363. The van der Waals surface area contributed by atoms with E-state index in [4.69, 9.17) is 1.37 Å². The van der Waals surface area contributed by atoms with E-state index in [1.165, 1.54) is 4.90 Å². The van der Waals surface area contributed by atoms with Crippen LogP contribution in [0.1, 0.15) is 1.37 Å². The van der Waals surface area contributed by atoms with E-state index in [1.54, 1.807) is 31.3 Å². The standard InChI is InChI=1S/C8H9NO/c1-9(7-10)8-5-3-2-4-6-8/h2-7H,1H3/i5D. The average molecular weight is 136 g/mol. The molecule has 10 heavy (non-hydrogen) atoms. The number of para-hydroxylation sites is 1. The van der Waals surface area contributed by atoms with E-state index in [0.29, 0.717) is 18.1 Å². The number of hydrogen-bond acceptors (Lipinski definition) is 1. The summed E-state index contributed by atoms with van der Waals surface area (Å²) in [6.07, 6.45) is 0.688. The van der Waals surface area contributed by atoms with Gasteiger partial charge >= 0.3 is 0 Å². The fourth-order valence-corrected chi connectivity index (χ4v) is 0.660. The van der Waals surface area contributed by atoms with Crippen molar-refractivity contribution in [2.75, 3.05) is 11.9 Å². The van der Waals surface area contributed by atoms with Crippen LogP contribution in [0.25, 0.3) is 0 Å². The number of rotatable bonds is 2. The predicted molar refractivity (Wildman–Crippen MR) is 40.9 cm³/mol. The lowest BCUT2D eigenvalue weighted by Gasteiger charge is -2.08. The van der Waals surface area contributed by atoms with Crippen molar-refractivity contribution in [3.8, 4) is 0 Å². The molecule has 0 aliphatic rings. The Hall–Kier alpha value is -1.31. The Bertz CT molecular complexity index is 262. The number of nitrogens with zero attached hydrogens (tertiary/aromatic N) is 1. The van der Waals surface area contributed by atoms with Gasteiger partial charge in [-0.2, -0.15) is 0 Å². The quantitative estimate of drug-likeness (QED) is 0.561. The lowest BCUT2D eigenvalue weighted by atomic mass is 10.3. The Labute approximate surface area is 61.5 Å². The van der Waals surface area contributed by atoms with Gasteiger partial charge in [-0.15, -0.1) is 0 Å². The van der Waals surface area contributed by atoms with Gasteiger partial charge in [-0.3, -0.25) is 4.79 Å². The second kappa shape index (κ2) is 3.01. The largest absolute Gasteiger partial charge is 0.318 e. The first-order chi connectivity index (χ1) is 5.25. The van der Waals surface area contributed by atoms with Crippen LogP contribution in [0.3, 0.4) is 0 Å². The summed E-state index contributed by atoms with van der Waals surface area (Å²) >= 11 is 0. The molecule has 0 saturated carbocycles. The summed E-state index contributed by atoms with van der Waals surface area (Å²) in [6.45, 7) is 0. The number of benzene rings is 1. The molecule has 1 rings (SSSR count). The van der Waals surface area contributed by atoms with E-state index in [1.807, 2.05) is 0 Å². The lowest BCUT2D eigenvalue weighted by molar-refractivity contribution is -0.107. The molecule has 1 aromatic rings. The fraction of sp³-hybridized carbons (Fsp3) is 0.125. The smallest absolute Gasteiger partial charge is 0.213 e. The highest BCUT2D eigenvalue weighted by atomic mass is 16.1. The summed E-state index contributed by atoms with van der Waals surface area (Å²) < 4.78 is 7.40. The molecule has 0 radical (unpaired) electrons. The van der Waals surface area contributed by atoms with E-state index in [0.717, 1.165) is 0 Å². The van der Waals surface area contributed by atoms with Gasteiger partial charge in [-0.25, -0.2) is 0 Å². The summed E-state index contributed by atoms with van der Waals surface area (Å²) in [4.78, 5) is 11.7. The maximum Gasteiger partial charge on any atom is 0.213 e. The molecular weight excluding hydrogens is 126 g/mol. The first-order valence-corrected chi connectivity index (χ1v) is 2.99. The van der Waals surface area contributed by atoms with Gasteiger partial charge in [0.1, 0.15) is 0 Å². The van der Waals surface area contributed by atoms with Gasteiger partial charge in [-0.1, -0.05) is 18.2 Å². The summed E-state index contributed by atoms with van der Waals surface area (Å²) in [5.74, 6) is 0. The van der Waals surface area contributed by atoms with Crippen LogP contribution in [0.4, 0.5) is 5.69 Å². The number of carbonyl (C=O) groups excluding carboxylic acids is 1. The zero-order valence-corrected chi connectivity index (χ0v) is 5.74. The molecule has 0 heterocycles. The van der Waals surface area contributed by atoms with Crippen LogP contribution in [-0.4, -0.2) is 13.5 Å². The van der Waals surface area contributed by atoms with E-state index >= 15 is 0 Å². The second-order valence-corrected chi connectivity index (χ2v) is 1.96. The minimum absolute atomic E-state index is 0.363. The molecule has 0 N–H and O–H groups in total. The minimum Gasteiger partial charge on any atom is -0.318 e. The second-order valence-electron chi connectivity index (χ2n) is 1.96. The molecule has 0 aromatic heterocycles. The van der Waals surface area contributed by atoms with Gasteiger partial charge in [-0.05, 0) is 12.1 Å². The van der Waals surface area contributed by atoms with Crippen molar-refractivity contribution in [3.63, 3.8) is 0 Å². The van der Waals surface area contributed by atoms with Crippen molar-refractivity contribution in [1.29, 1.82) is 0 Å². The monoisotopic (exact) mass is 136 g/mol. The van der Waals surface area contributed by atoms with Crippen LogP contribution in [-0.2, 0) is 4.79 Å². The third-order valence-corrected chi connectivity index (χ3v) is 1.23. The first-order valence-electron chi connectivity index (χ1n) is 3.49. The molecule has 0 aliphatic carbocycles. The molecule has 0 unspecified atom stereocenters. The summed E-state index contributed by atoms with van der Waals surface area (Å²) in [5, 5.41) is 0. The average Bonchev–Trinajstić information content (AvgIpc) is 2.04. The molecule has 0 bridgehead atoms. The Kier molecular flexibility index (Phi) is 1.65. The number of anilines is 1. The molecular formula is C8H9NO. The first kappa shape index (κ1) is 5.47. The van der Waals surface area contributed by atoms with E-state index in [-0.39, 0.29) is 0 Å². The summed E-state index contributed by atoms with van der Waals surface area (Å²) in [5.41, 5.74) is 0.627. The maximum atomic E-state index is 10.3. The third kappa shape index (κ3) is 1.35. The Balaban J connectivity index is 3.02. The van der Waals surface area contributed by atoms with Gasteiger partial charge in [0.25, 0.3) is 0 Å². The van der Waals surface area contributed by atoms with Crippen LogP contribution >= 0.6 is 0 Å². The zero-order chi connectivity index (χ0) is 8.27. The molecule has 0 saturated heterocycles. The maximum absolute atomic E-state index is 10.3. The number of amides is 1. The molecule has 2 heteroatoms.